The number of anilines is 1. The van der Waals surface area contributed by atoms with E-state index in [9.17, 15) is 4.79 Å². The molecule has 1 heterocycles. The van der Waals surface area contributed by atoms with Gasteiger partial charge in [-0.05, 0) is 44.5 Å². The Labute approximate surface area is 137 Å². The fraction of sp³-hybridized carbons (Fsp3) is 0.562. The van der Waals surface area contributed by atoms with Gasteiger partial charge in [0.05, 0.1) is 12.2 Å². The summed E-state index contributed by atoms with van der Waals surface area (Å²) in [7, 11) is 0. The number of hydrogen-bond acceptors (Lipinski definition) is 3. The molecule has 1 aliphatic rings. The van der Waals surface area contributed by atoms with Crippen molar-refractivity contribution in [1.82, 2.24) is 10.2 Å². The molecule has 0 aromatic heterocycles. The van der Waals surface area contributed by atoms with Crippen LogP contribution in [-0.2, 0) is 4.74 Å². The Morgan fingerprint density at radius 3 is 2.55 bits per heavy atom. The summed E-state index contributed by atoms with van der Waals surface area (Å²) in [6, 6.07) is 6.86. The molecule has 0 unspecified atom stereocenters. The van der Waals surface area contributed by atoms with Crippen LogP contribution in [0.2, 0.25) is 5.02 Å². The zero-order chi connectivity index (χ0) is 15.9. The van der Waals surface area contributed by atoms with Crippen molar-refractivity contribution < 1.29 is 9.53 Å². The Kier molecular flexibility index (Phi) is 6.49. The van der Waals surface area contributed by atoms with Gasteiger partial charge in [-0.15, -0.1) is 0 Å². The van der Waals surface area contributed by atoms with Crippen molar-refractivity contribution in [2.45, 2.75) is 32.5 Å². The van der Waals surface area contributed by atoms with Crippen molar-refractivity contribution in [3.63, 3.8) is 0 Å². The standard InChI is InChI=1S/C16H24ClN3O2/c1-12-10-20(11-13(2)22-12)9-3-8-18-16(21)19-15-6-4-14(17)5-7-15/h4-7,12-13H,3,8-11H2,1-2H3,(H2,18,19,21)/t12-,13+. The molecule has 1 aliphatic heterocycles. The van der Waals surface area contributed by atoms with Gasteiger partial charge in [0.2, 0.25) is 0 Å². The number of carbonyl (C=O) groups excluding carboxylic acids is 1. The molecule has 122 valence electrons. The van der Waals surface area contributed by atoms with Crippen molar-refractivity contribution in [2.24, 2.45) is 0 Å². The highest BCUT2D eigenvalue weighted by atomic mass is 35.5. The predicted molar refractivity (Wildman–Crippen MR) is 89.5 cm³/mol. The van der Waals surface area contributed by atoms with Gasteiger partial charge in [-0.2, -0.15) is 0 Å². The van der Waals surface area contributed by atoms with Crippen molar-refractivity contribution >= 4 is 23.3 Å². The summed E-state index contributed by atoms with van der Waals surface area (Å²) in [5, 5.41) is 6.30. The molecule has 1 aromatic carbocycles. The topological polar surface area (TPSA) is 53.6 Å². The van der Waals surface area contributed by atoms with Crippen LogP contribution < -0.4 is 10.6 Å². The summed E-state index contributed by atoms with van der Waals surface area (Å²) in [6.07, 6.45) is 1.49. The Morgan fingerprint density at radius 1 is 1.27 bits per heavy atom. The Hall–Kier alpha value is -1.30. The van der Waals surface area contributed by atoms with E-state index in [0.717, 1.165) is 31.7 Å². The number of rotatable bonds is 5. The van der Waals surface area contributed by atoms with Gasteiger partial charge in [-0.3, -0.25) is 4.90 Å². The van der Waals surface area contributed by atoms with E-state index in [-0.39, 0.29) is 18.2 Å². The second-order valence-corrected chi connectivity index (χ2v) is 6.19. The third kappa shape index (κ3) is 5.83. The van der Waals surface area contributed by atoms with E-state index in [1.54, 1.807) is 24.3 Å². The molecule has 0 bridgehead atoms. The molecule has 22 heavy (non-hydrogen) atoms. The van der Waals surface area contributed by atoms with E-state index >= 15 is 0 Å². The van der Waals surface area contributed by atoms with Crippen molar-refractivity contribution in [3.05, 3.63) is 29.3 Å². The largest absolute Gasteiger partial charge is 0.373 e. The Balaban J connectivity index is 1.62. The van der Waals surface area contributed by atoms with Crippen LogP contribution in [0.5, 0.6) is 0 Å². The lowest BCUT2D eigenvalue weighted by atomic mass is 10.2. The highest BCUT2D eigenvalue weighted by Gasteiger charge is 2.21. The van der Waals surface area contributed by atoms with Gasteiger partial charge < -0.3 is 15.4 Å². The second kappa shape index (κ2) is 8.36. The average molecular weight is 326 g/mol. The van der Waals surface area contributed by atoms with Crippen LogP contribution >= 0.6 is 11.6 Å². The molecule has 2 N–H and O–H groups in total. The molecular weight excluding hydrogens is 302 g/mol. The van der Waals surface area contributed by atoms with E-state index in [1.807, 2.05) is 0 Å². The zero-order valence-corrected chi connectivity index (χ0v) is 13.9. The van der Waals surface area contributed by atoms with Gasteiger partial charge in [-0.1, -0.05) is 11.6 Å². The van der Waals surface area contributed by atoms with E-state index in [2.05, 4.69) is 29.4 Å². The van der Waals surface area contributed by atoms with Crippen LogP contribution in [0, 0.1) is 0 Å². The number of hydrogen-bond donors (Lipinski definition) is 2. The number of morpholine rings is 1. The molecule has 1 fully saturated rings. The van der Waals surface area contributed by atoms with Gasteiger partial charge in [-0.25, -0.2) is 4.79 Å². The molecule has 2 amide bonds. The van der Waals surface area contributed by atoms with Crippen molar-refractivity contribution in [2.75, 3.05) is 31.5 Å². The Bertz CT molecular complexity index is 471. The first-order chi connectivity index (χ1) is 10.5. The fourth-order valence-electron chi connectivity index (χ4n) is 2.68. The van der Waals surface area contributed by atoms with E-state index in [0.29, 0.717) is 11.6 Å². The maximum atomic E-state index is 11.8. The number of nitrogens with zero attached hydrogens (tertiary/aromatic N) is 1. The highest BCUT2D eigenvalue weighted by molar-refractivity contribution is 6.30. The summed E-state index contributed by atoms with van der Waals surface area (Å²) in [4.78, 5) is 14.2. The van der Waals surface area contributed by atoms with Crippen LogP contribution in [0.1, 0.15) is 20.3 Å². The molecule has 0 radical (unpaired) electrons. The molecule has 1 saturated heterocycles. The maximum Gasteiger partial charge on any atom is 0.319 e. The van der Waals surface area contributed by atoms with E-state index in [4.69, 9.17) is 16.3 Å². The number of benzene rings is 1. The van der Waals surface area contributed by atoms with Crippen LogP contribution in [-0.4, -0.2) is 49.3 Å². The van der Waals surface area contributed by atoms with Gasteiger partial charge in [0.25, 0.3) is 0 Å². The summed E-state index contributed by atoms with van der Waals surface area (Å²) < 4.78 is 5.70. The number of ether oxygens (including phenoxy) is 1. The molecule has 5 nitrogen and oxygen atoms in total. The summed E-state index contributed by atoms with van der Waals surface area (Å²) in [5.74, 6) is 0. The second-order valence-electron chi connectivity index (χ2n) is 5.76. The van der Waals surface area contributed by atoms with Crippen LogP contribution in [0.25, 0.3) is 0 Å². The Morgan fingerprint density at radius 2 is 1.91 bits per heavy atom. The summed E-state index contributed by atoms with van der Waals surface area (Å²) in [6.45, 7) is 7.74. The number of amides is 2. The minimum absolute atomic E-state index is 0.189. The van der Waals surface area contributed by atoms with Crippen molar-refractivity contribution in [1.29, 1.82) is 0 Å². The lowest BCUT2D eigenvalue weighted by Gasteiger charge is -2.35. The first-order valence-electron chi connectivity index (χ1n) is 7.71. The lowest BCUT2D eigenvalue weighted by Crippen LogP contribution is -2.46. The van der Waals surface area contributed by atoms with Gasteiger partial charge in [0.15, 0.2) is 0 Å². The van der Waals surface area contributed by atoms with Gasteiger partial charge in [0.1, 0.15) is 0 Å². The number of carbonyl (C=O) groups is 1. The quantitative estimate of drug-likeness (QED) is 0.818. The molecule has 0 saturated carbocycles. The predicted octanol–water partition coefficient (Wildman–Crippen LogP) is 2.96. The minimum Gasteiger partial charge on any atom is -0.373 e. The van der Waals surface area contributed by atoms with Gasteiger partial charge in [0, 0.05) is 36.9 Å². The van der Waals surface area contributed by atoms with Crippen LogP contribution in [0.3, 0.4) is 0 Å². The van der Waals surface area contributed by atoms with Gasteiger partial charge >= 0.3 is 6.03 Å². The SMILES string of the molecule is C[C@@H]1CN(CCCNC(=O)Nc2ccc(Cl)cc2)C[C@H](C)O1. The number of urea groups is 1. The molecular formula is C16H24ClN3O2. The summed E-state index contributed by atoms with van der Waals surface area (Å²) in [5.41, 5.74) is 0.734. The fourth-order valence-corrected chi connectivity index (χ4v) is 2.81. The van der Waals surface area contributed by atoms with Crippen LogP contribution in [0.15, 0.2) is 24.3 Å². The molecule has 2 atom stereocenters. The number of halogens is 1. The molecule has 6 heteroatoms. The molecule has 1 aromatic rings. The van der Waals surface area contributed by atoms with E-state index < -0.39 is 0 Å². The molecule has 0 spiro atoms. The molecule has 0 aliphatic carbocycles. The monoisotopic (exact) mass is 325 g/mol. The molecule has 2 rings (SSSR count). The minimum atomic E-state index is -0.189. The maximum absolute atomic E-state index is 11.8. The third-order valence-electron chi connectivity index (χ3n) is 3.53. The third-order valence-corrected chi connectivity index (χ3v) is 3.79. The smallest absolute Gasteiger partial charge is 0.319 e. The first-order valence-corrected chi connectivity index (χ1v) is 8.09. The van der Waals surface area contributed by atoms with Crippen LogP contribution in [0.4, 0.5) is 10.5 Å². The number of nitrogens with one attached hydrogen (secondary N) is 2. The highest BCUT2D eigenvalue weighted by Crippen LogP contribution is 2.13. The normalized spacial score (nSPS) is 22.3. The first kappa shape index (κ1) is 17.1. The van der Waals surface area contributed by atoms with Crippen molar-refractivity contribution in [3.8, 4) is 0 Å². The average Bonchev–Trinajstić information content (AvgIpc) is 2.45. The lowest BCUT2D eigenvalue weighted by molar-refractivity contribution is -0.0679. The summed E-state index contributed by atoms with van der Waals surface area (Å²) >= 11 is 5.80. The zero-order valence-electron chi connectivity index (χ0n) is 13.1. The van der Waals surface area contributed by atoms with E-state index in [1.165, 1.54) is 0 Å².